The summed E-state index contributed by atoms with van der Waals surface area (Å²) in [6, 6.07) is -0.572. The van der Waals surface area contributed by atoms with Crippen LogP contribution in [0.2, 0.25) is 0 Å². The van der Waals surface area contributed by atoms with E-state index in [4.69, 9.17) is 4.74 Å². The Morgan fingerprint density at radius 1 is 1.29 bits per heavy atom. The van der Waals surface area contributed by atoms with Crippen LogP contribution in [0, 0.1) is 0 Å². The van der Waals surface area contributed by atoms with E-state index in [0.29, 0.717) is 0 Å². The van der Waals surface area contributed by atoms with E-state index >= 15 is 0 Å². The van der Waals surface area contributed by atoms with Gasteiger partial charge < -0.3 is 10.1 Å². The van der Waals surface area contributed by atoms with Crippen LogP contribution in [0.5, 0.6) is 0 Å². The third-order valence-corrected chi connectivity index (χ3v) is 1.76. The monoisotopic (exact) mass is 205 g/mol. The molecule has 84 valence electrons. The summed E-state index contributed by atoms with van der Waals surface area (Å²) in [6.45, 7) is 9.71. The number of carbonyl (C=O) groups excluding carboxylic acids is 1. The zero-order valence-corrected chi connectivity index (χ0v) is 9.77. The van der Waals surface area contributed by atoms with Gasteiger partial charge in [-0.05, 0) is 41.5 Å². The Morgan fingerprint density at radius 2 is 1.71 bits per heavy atom. The van der Waals surface area contributed by atoms with Gasteiger partial charge >= 0.3 is 6.09 Å². The highest BCUT2D eigenvalue weighted by Gasteiger charge is 2.28. The predicted octanol–water partition coefficient (Wildman–Crippen LogP) is 2.65. The van der Waals surface area contributed by atoms with E-state index in [-0.39, 0.29) is 0 Å². The van der Waals surface area contributed by atoms with E-state index in [1.54, 1.807) is 27.7 Å². The normalized spacial score (nSPS) is 14.8. The Kier molecular flexibility index (Phi) is 3.91. The number of hydrogen-bond acceptors (Lipinski definition) is 2. The molecule has 0 saturated carbocycles. The molecule has 1 amide bonds. The van der Waals surface area contributed by atoms with Gasteiger partial charge in [0.1, 0.15) is 11.3 Å². The summed E-state index contributed by atoms with van der Waals surface area (Å²) in [6.07, 6.45) is -0.587. The lowest BCUT2D eigenvalue weighted by Crippen LogP contribution is -2.46. The zero-order valence-electron chi connectivity index (χ0n) is 9.77. The average molecular weight is 205 g/mol. The van der Waals surface area contributed by atoms with Gasteiger partial charge in [-0.15, -0.1) is 0 Å². The quantitative estimate of drug-likeness (QED) is 0.752. The number of amides is 1. The molecule has 1 N–H and O–H groups in total. The van der Waals surface area contributed by atoms with Gasteiger partial charge in [-0.25, -0.2) is 9.18 Å². The Labute approximate surface area is 85.0 Å². The van der Waals surface area contributed by atoms with Gasteiger partial charge in [0.25, 0.3) is 0 Å². The van der Waals surface area contributed by atoms with Crippen LogP contribution in [0.15, 0.2) is 0 Å². The second-order valence-corrected chi connectivity index (χ2v) is 4.93. The zero-order chi connectivity index (χ0) is 11.6. The molecule has 0 spiro atoms. The first-order valence-electron chi connectivity index (χ1n) is 4.71. The van der Waals surface area contributed by atoms with Gasteiger partial charge in [-0.2, -0.15) is 0 Å². The molecule has 0 aliphatic rings. The minimum atomic E-state index is -1.45. The fraction of sp³-hybridized carbons (Fsp3) is 0.900. The minimum Gasteiger partial charge on any atom is -0.444 e. The van der Waals surface area contributed by atoms with Crippen molar-refractivity contribution in [2.24, 2.45) is 0 Å². The molecule has 0 fully saturated rings. The SMILES string of the molecule is C[C@@H](NC(=O)OC(C)(C)C)C(C)(C)F. The molecule has 0 unspecified atom stereocenters. The first-order chi connectivity index (χ1) is 6.02. The van der Waals surface area contributed by atoms with Crippen LogP contribution in [0.25, 0.3) is 0 Å². The van der Waals surface area contributed by atoms with Crippen molar-refractivity contribution in [3.63, 3.8) is 0 Å². The van der Waals surface area contributed by atoms with Crippen molar-refractivity contribution in [2.75, 3.05) is 0 Å². The fourth-order valence-electron chi connectivity index (χ4n) is 0.656. The third-order valence-electron chi connectivity index (χ3n) is 1.76. The molecule has 0 bridgehead atoms. The standard InChI is InChI=1S/C10H20FNO2/c1-7(10(5,6)11)12-8(13)14-9(2,3)4/h7H,1-6H3,(H,12,13)/t7-/m1/s1. The maximum atomic E-state index is 13.3. The Morgan fingerprint density at radius 3 is 2.00 bits per heavy atom. The van der Waals surface area contributed by atoms with Gasteiger partial charge in [0, 0.05) is 0 Å². The first kappa shape index (κ1) is 13.2. The highest BCUT2D eigenvalue weighted by molar-refractivity contribution is 5.68. The van der Waals surface area contributed by atoms with Crippen molar-refractivity contribution in [1.29, 1.82) is 0 Å². The lowest BCUT2D eigenvalue weighted by atomic mass is 10.0. The van der Waals surface area contributed by atoms with E-state index < -0.39 is 23.4 Å². The molecule has 0 aromatic heterocycles. The lowest BCUT2D eigenvalue weighted by molar-refractivity contribution is 0.0437. The summed E-state index contributed by atoms with van der Waals surface area (Å²) in [5.74, 6) is 0. The van der Waals surface area contributed by atoms with Crippen LogP contribution in [0.4, 0.5) is 9.18 Å². The number of alkyl carbamates (subject to hydrolysis) is 1. The van der Waals surface area contributed by atoms with Gasteiger partial charge in [-0.1, -0.05) is 0 Å². The summed E-state index contributed by atoms with van der Waals surface area (Å²) in [4.78, 5) is 11.2. The van der Waals surface area contributed by atoms with E-state index in [2.05, 4.69) is 5.32 Å². The van der Waals surface area contributed by atoms with E-state index in [0.717, 1.165) is 0 Å². The average Bonchev–Trinajstić information content (AvgIpc) is 1.79. The molecule has 0 saturated heterocycles. The molecule has 0 radical (unpaired) electrons. The van der Waals surface area contributed by atoms with E-state index in [9.17, 15) is 9.18 Å². The summed E-state index contributed by atoms with van der Waals surface area (Å²) < 4.78 is 18.3. The molecule has 0 aliphatic carbocycles. The highest BCUT2D eigenvalue weighted by Crippen LogP contribution is 2.14. The van der Waals surface area contributed by atoms with Crippen molar-refractivity contribution in [3.8, 4) is 0 Å². The predicted molar refractivity (Wildman–Crippen MR) is 54.0 cm³/mol. The fourth-order valence-corrected chi connectivity index (χ4v) is 0.656. The number of ether oxygens (including phenoxy) is 1. The van der Waals surface area contributed by atoms with E-state index in [1.165, 1.54) is 13.8 Å². The second-order valence-electron chi connectivity index (χ2n) is 4.93. The molecule has 14 heavy (non-hydrogen) atoms. The van der Waals surface area contributed by atoms with Gasteiger partial charge in [0.2, 0.25) is 0 Å². The molecule has 0 rings (SSSR count). The van der Waals surface area contributed by atoms with Crippen molar-refractivity contribution in [1.82, 2.24) is 5.32 Å². The van der Waals surface area contributed by atoms with Gasteiger partial charge in [0.15, 0.2) is 0 Å². The Balaban J connectivity index is 4.09. The summed E-state index contributed by atoms with van der Waals surface area (Å²) in [5.41, 5.74) is -2.00. The van der Waals surface area contributed by atoms with Crippen molar-refractivity contribution in [3.05, 3.63) is 0 Å². The Bertz CT molecular complexity index is 203. The van der Waals surface area contributed by atoms with Crippen LogP contribution in [0.3, 0.4) is 0 Å². The molecular formula is C10H20FNO2. The van der Waals surface area contributed by atoms with Crippen LogP contribution in [0.1, 0.15) is 41.5 Å². The summed E-state index contributed by atoms with van der Waals surface area (Å²) in [5, 5.41) is 2.44. The van der Waals surface area contributed by atoms with Gasteiger partial charge in [-0.3, -0.25) is 0 Å². The summed E-state index contributed by atoms with van der Waals surface area (Å²) >= 11 is 0. The topological polar surface area (TPSA) is 38.3 Å². The van der Waals surface area contributed by atoms with Crippen LogP contribution < -0.4 is 5.32 Å². The number of nitrogens with one attached hydrogen (secondary N) is 1. The second kappa shape index (κ2) is 4.15. The first-order valence-corrected chi connectivity index (χ1v) is 4.71. The minimum absolute atomic E-state index is 0.551. The van der Waals surface area contributed by atoms with Crippen molar-refractivity contribution >= 4 is 6.09 Å². The number of carbonyl (C=O) groups is 1. The maximum Gasteiger partial charge on any atom is 0.407 e. The smallest absolute Gasteiger partial charge is 0.407 e. The molecule has 0 aliphatic heterocycles. The highest BCUT2D eigenvalue weighted by atomic mass is 19.1. The number of alkyl halides is 1. The molecule has 4 heteroatoms. The molecule has 1 atom stereocenters. The molecular weight excluding hydrogens is 185 g/mol. The number of halogens is 1. The third kappa shape index (κ3) is 5.78. The van der Waals surface area contributed by atoms with Crippen molar-refractivity contribution in [2.45, 2.75) is 58.9 Å². The van der Waals surface area contributed by atoms with E-state index in [1.807, 2.05) is 0 Å². The molecule has 3 nitrogen and oxygen atoms in total. The number of rotatable bonds is 2. The van der Waals surface area contributed by atoms with Crippen LogP contribution in [-0.4, -0.2) is 23.4 Å². The largest absolute Gasteiger partial charge is 0.444 e. The van der Waals surface area contributed by atoms with Crippen LogP contribution in [-0.2, 0) is 4.74 Å². The maximum absolute atomic E-state index is 13.3. The molecule has 0 aromatic carbocycles. The lowest BCUT2D eigenvalue weighted by Gasteiger charge is -2.26. The summed E-state index contributed by atoms with van der Waals surface area (Å²) in [7, 11) is 0. The molecule has 0 aromatic rings. The van der Waals surface area contributed by atoms with Gasteiger partial charge in [0.05, 0.1) is 6.04 Å². The Hall–Kier alpha value is -0.800. The molecule has 0 heterocycles. The van der Waals surface area contributed by atoms with Crippen molar-refractivity contribution < 1.29 is 13.9 Å². The number of hydrogen-bond donors (Lipinski definition) is 1. The van der Waals surface area contributed by atoms with Crippen LogP contribution >= 0.6 is 0 Å².